The van der Waals surface area contributed by atoms with Crippen molar-refractivity contribution < 1.29 is 18.0 Å². The van der Waals surface area contributed by atoms with Crippen molar-refractivity contribution in [3.63, 3.8) is 0 Å². The van der Waals surface area contributed by atoms with Crippen LogP contribution in [-0.2, 0) is 4.79 Å². The van der Waals surface area contributed by atoms with Crippen LogP contribution >= 0.6 is 12.4 Å². The maximum absolute atomic E-state index is 11.8. The molecule has 0 spiro atoms. The normalized spacial score (nSPS) is 21.1. The van der Waals surface area contributed by atoms with Gasteiger partial charge in [0.2, 0.25) is 5.91 Å². The first-order chi connectivity index (χ1) is 7.42. The lowest BCUT2D eigenvalue weighted by molar-refractivity contribution is -0.139. The fourth-order valence-electron chi connectivity index (χ4n) is 1.81. The maximum atomic E-state index is 11.8. The molecule has 1 atom stereocenters. The number of nitrogens with two attached hydrogens (primary N) is 1. The van der Waals surface area contributed by atoms with E-state index in [1.54, 1.807) is 0 Å². The highest BCUT2D eigenvalue weighted by Crippen LogP contribution is 2.15. The number of hydrogen-bond donors (Lipinski definition) is 2. The highest BCUT2D eigenvalue weighted by Gasteiger charge is 2.29. The SMILES string of the molecule is Cl.NCC1CCCN1CC(=O)NCC(F)(F)F. The van der Waals surface area contributed by atoms with Crippen LogP contribution in [0.3, 0.4) is 0 Å². The zero-order valence-corrected chi connectivity index (χ0v) is 10.1. The second-order valence-corrected chi connectivity index (χ2v) is 3.89. The molecule has 0 saturated carbocycles. The van der Waals surface area contributed by atoms with Gasteiger partial charge in [-0.25, -0.2) is 0 Å². The van der Waals surface area contributed by atoms with E-state index in [1.165, 1.54) is 0 Å². The lowest BCUT2D eigenvalue weighted by Gasteiger charge is -2.22. The smallest absolute Gasteiger partial charge is 0.346 e. The fraction of sp³-hybridized carbons (Fsp3) is 0.889. The van der Waals surface area contributed by atoms with Crippen LogP contribution in [0.4, 0.5) is 13.2 Å². The van der Waals surface area contributed by atoms with E-state index < -0.39 is 18.6 Å². The van der Waals surface area contributed by atoms with E-state index in [4.69, 9.17) is 5.73 Å². The summed E-state index contributed by atoms with van der Waals surface area (Å²) in [7, 11) is 0. The predicted molar refractivity (Wildman–Crippen MR) is 60.0 cm³/mol. The Labute approximate surface area is 104 Å². The molecule has 1 saturated heterocycles. The quantitative estimate of drug-likeness (QED) is 0.786. The van der Waals surface area contributed by atoms with Crippen LogP contribution in [0.2, 0.25) is 0 Å². The van der Waals surface area contributed by atoms with Crippen molar-refractivity contribution in [2.24, 2.45) is 5.73 Å². The molecule has 17 heavy (non-hydrogen) atoms. The standard InChI is InChI=1S/C9H16F3N3O.ClH/c10-9(11,12)6-14-8(16)5-15-3-1-2-7(15)4-13;/h7H,1-6,13H2,(H,14,16);1H. The molecule has 1 rings (SSSR count). The van der Waals surface area contributed by atoms with Crippen LogP contribution in [-0.4, -0.2) is 49.2 Å². The summed E-state index contributed by atoms with van der Waals surface area (Å²) in [6.07, 6.45) is -2.51. The summed E-state index contributed by atoms with van der Waals surface area (Å²) in [5, 5.41) is 1.85. The molecule has 0 aromatic rings. The summed E-state index contributed by atoms with van der Waals surface area (Å²) in [6.45, 7) is -0.112. The Balaban J connectivity index is 0.00000256. The number of halogens is 4. The Morgan fingerprint density at radius 1 is 1.47 bits per heavy atom. The average molecular weight is 276 g/mol. The lowest BCUT2D eigenvalue weighted by Crippen LogP contribution is -2.44. The summed E-state index contributed by atoms with van der Waals surface area (Å²) in [4.78, 5) is 13.0. The topological polar surface area (TPSA) is 58.4 Å². The third-order valence-electron chi connectivity index (χ3n) is 2.60. The van der Waals surface area contributed by atoms with E-state index in [0.717, 1.165) is 19.4 Å². The molecule has 4 nitrogen and oxygen atoms in total. The number of alkyl halides is 3. The van der Waals surface area contributed by atoms with Crippen LogP contribution in [0.5, 0.6) is 0 Å². The Morgan fingerprint density at radius 3 is 2.65 bits per heavy atom. The largest absolute Gasteiger partial charge is 0.405 e. The Morgan fingerprint density at radius 2 is 2.12 bits per heavy atom. The molecule has 8 heteroatoms. The van der Waals surface area contributed by atoms with E-state index in [2.05, 4.69) is 0 Å². The van der Waals surface area contributed by atoms with Crippen LogP contribution in [0.25, 0.3) is 0 Å². The Kier molecular flexibility index (Phi) is 6.81. The number of amides is 1. The maximum Gasteiger partial charge on any atom is 0.405 e. The number of carbonyl (C=O) groups is 1. The van der Waals surface area contributed by atoms with Crippen molar-refractivity contribution >= 4 is 18.3 Å². The zero-order chi connectivity index (χ0) is 12.2. The molecule has 1 heterocycles. The van der Waals surface area contributed by atoms with Gasteiger partial charge in [-0.1, -0.05) is 0 Å². The summed E-state index contributed by atoms with van der Waals surface area (Å²) in [5.41, 5.74) is 5.49. The van der Waals surface area contributed by atoms with Gasteiger partial charge < -0.3 is 11.1 Å². The number of carbonyl (C=O) groups excluding carboxylic acids is 1. The van der Waals surface area contributed by atoms with E-state index in [-0.39, 0.29) is 25.0 Å². The van der Waals surface area contributed by atoms with Gasteiger partial charge in [0.05, 0.1) is 6.54 Å². The first kappa shape index (κ1) is 16.5. The third kappa shape index (κ3) is 6.09. The first-order valence-electron chi connectivity index (χ1n) is 5.20. The molecule has 102 valence electrons. The number of nitrogens with zero attached hydrogens (tertiary/aromatic N) is 1. The summed E-state index contributed by atoms with van der Waals surface area (Å²) >= 11 is 0. The third-order valence-corrected chi connectivity index (χ3v) is 2.60. The van der Waals surface area contributed by atoms with Gasteiger partial charge in [-0.05, 0) is 19.4 Å². The number of likely N-dealkylation sites (tertiary alicyclic amines) is 1. The van der Waals surface area contributed by atoms with Gasteiger partial charge >= 0.3 is 6.18 Å². The van der Waals surface area contributed by atoms with Crippen molar-refractivity contribution in [1.82, 2.24) is 10.2 Å². The van der Waals surface area contributed by atoms with E-state index >= 15 is 0 Å². The number of rotatable bonds is 4. The molecule has 0 radical (unpaired) electrons. The van der Waals surface area contributed by atoms with Crippen LogP contribution in [0.1, 0.15) is 12.8 Å². The molecule has 0 aromatic heterocycles. The predicted octanol–water partition coefficient (Wildman–Crippen LogP) is 0.510. The Hall–Kier alpha value is -0.530. The van der Waals surface area contributed by atoms with Crippen LogP contribution in [0.15, 0.2) is 0 Å². The van der Waals surface area contributed by atoms with Gasteiger partial charge in [0.25, 0.3) is 0 Å². The fourth-order valence-corrected chi connectivity index (χ4v) is 1.81. The van der Waals surface area contributed by atoms with Crippen molar-refractivity contribution in [2.45, 2.75) is 25.1 Å². The number of hydrogen-bond acceptors (Lipinski definition) is 3. The van der Waals surface area contributed by atoms with Gasteiger partial charge in [-0.15, -0.1) is 12.4 Å². The molecule has 1 unspecified atom stereocenters. The summed E-state index contributed by atoms with van der Waals surface area (Å²) in [6, 6.07) is 0.122. The lowest BCUT2D eigenvalue weighted by atomic mass is 10.2. The molecule has 0 aliphatic carbocycles. The molecule has 0 bridgehead atoms. The minimum Gasteiger partial charge on any atom is -0.346 e. The first-order valence-corrected chi connectivity index (χ1v) is 5.20. The second kappa shape index (κ2) is 7.03. The Bertz CT molecular complexity index is 250. The van der Waals surface area contributed by atoms with Gasteiger partial charge in [-0.3, -0.25) is 9.69 Å². The number of nitrogens with one attached hydrogen (secondary N) is 1. The van der Waals surface area contributed by atoms with Crippen LogP contribution < -0.4 is 11.1 Å². The van der Waals surface area contributed by atoms with Crippen LogP contribution in [0, 0.1) is 0 Å². The summed E-state index contributed by atoms with van der Waals surface area (Å²) < 4.78 is 35.5. The molecule has 3 N–H and O–H groups in total. The highest BCUT2D eigenvalue weighted by atomic mass is 35.5. The van der Waals surface area contributed by atoms with Crippen molar-refractivity contribution in [3.8, 4) is 0 Å². The zero-order valence-electron chi connectivity index (χ0n) is 9.29. The van der Waals surface area contributed by atoms with Gasteiger partial charge in [0.1, 0.15) is 6.54 Å². The van der Waals surface area contributed by atoms with Crippen molar-refractivity contribution in [1.29, 1.82) is 0 Å². The molecular weight excluding hydrogens is 259 g/mol. The van der Waals surface area contributed by atoms with E-state index in [1.807, 2.05) is 10.2 Å². The van der Waals surface area contributed by atoms with E-state index in [9.17, 15) is 18.0 Å². The highest BCUT2D eigenvalue weighted by molar-refractivity contribution is 5.85. The molecule has 1 amide bonds. The van der Waals surface area contributed by atoms with Gasteiger partial charge in [-0.2, -0.15) is 13.2 Å². The van der Waals surface area contributed by atoms with Crippen molar-refractivity contribution in [3.05, 3.63) is 0 Å². The van der Waals surface area contributed by atoms with Gasteiger partial charge in [0.15, 0.2) is 0 Å². The van der Waals surface area contributed by atoms with Crippen molar-refractivity contribution in [2.75, 3.05) is 26.2 Å². The second-order valence-electron chi connectivity index (χ2n) is 3.89. The monoisotopic (exact) mass is 275 g/mol. The molecule has 1 aliphatic heterocycles. The average Bonchev–Trinajstić information content (AvgIpc) is 2.61. The van der Waals surface area contributed by atoms with Gasteiger partial charge in [0, 0.05) is 12.6 Å². The minimum absolute atomic E-state index is 0. The minimum atomic E-state index is -4.35. The molecule has 1 aliphatic rings. The molecule has 1 fully saturated rings. The molecule has 0 aromatic carbocycles. The summed E-state index contributed by atoms with van der Waals surface area (Å²) in [5.74, 6) is -0.599. The van der Waals surface area contributed by atoms with E-state index in [0.29, 0.717) is 6.54 Å². The molecular formula is C9H17ClF3N3O.